The van der Waals surface area contributed by atoms with E-state index in [-0.39, 0.29) is 17.3 Å². The zero-order chi connectivity index (χ0) is 21.5. The molecular formula is C22H24FN3O4. The van der Waals surface area contributed by atoms with E-state index in [0.29, 0.717) is 54.8 Å². The monoisotopic (exact) mass is 413 g/mol. The first-order chi connectivity index (χ1) is 14.5. The minimum atomic E-state index is -0.279. The zero-order valence-corrected chi connectivity index (χ0v) is 17.0. The van der Waals surface area contributed by atoms with E-state index in [0.717, 1.165) is 5.56 Å². The Kier molecular flexibility index (Phi) is 7.00. The number of hydrogen-bond acceptors (Lipinski definition) is 5. The number of nitrogens with one attached hydrogen (secondary N) is 1. The minimum Gasteiger partial charge on any atom is -0.493 e. The fraction of sp³-hybridized carbons (Fsp3) is 0.318. The lowest BCUT2D eigenvalue weighted by Crippen LogP contribution is -2.26. The van der Waals surface area contributed by atoms with Crippen LogP contribution in [-0.4, -0.2) is 36.2 Å². The number of carbonyl (C=O) groups excluding carboxylic acids is 1. The summed E-state index contributed by atoms with van der Waals surface area (Å²) in [5.41, 5.74) is 1.28. The van der Waals surface area contributed by atoms with Gasteiger partial charge in [-0.05, 0) is 36.6 Å². The van der Waals surface area contributed by atoms with Crippen molar-refractivity contribution in [3.63, 3.8) is 0 Å². The molecule has 0 aliphatic heterocycles. The molecule has 7 nitrogen and oxygen atoms in total. The first-order valence-corrected chi connectivity index (χ1v) is 9.64. The van der Waals surface area contributed by atoms with Crippen LogP contribution in [0.5, 0.6) is 11.5 Å². The third-order valence-electron chi connectivity index (χ3n) is 4.78. The molecule has 0 atom stereocenters. The Morgan fingerprint density at radius 3 is 2.53 bits per heavy atom. The van der Waals surface area contributed by atoms with E-state index < -0.39 is 0 Å². The number of ether oxygens (including phenoxy) is 2. The van der Waals surface area contributed by atoms with Crippen LogP contribution in [0.1, 0.15) is 18.4 Å². The predicted octanol–water partition coefficient (Wildman–Crippen LogP) is 2.69. The molecule has 1 amide bonds. The predicted molar refractivity (Wildman–Crippen MR) is 111 cm³/mol. The molecule has 3 aromatic rings. The van der Waals surface area contributed by atoms with Crippen LogP contribution < -0.4 is 20.3 Å². The Balaban J connectivity index is 1.53. The van der Waals surface area contributed by atoms with Crippen LogP contribution >= 0.6 is 0 Å². The number of carbonyl (C=O) groups is 1. The van der Waals surface area contributed by atoms with Gasteiger partial charge in [-0.3, -0.25) is 14.2 Å². The fourth-order valence-electron chi connectivity index (χ4n) is 3.14. The van der Waals surface area contributed by atoms with Crippen molar-refractivity contribution in [3.05, 3.63) is 64.5 Å². The Hall–Kier alpha value is -3.42. The van der Waals surface area contributed by atoms with Crippen molar-refractivity contribution in [2.75, 3.05) is 20.8 Å². The molecule has 1 heterocycles. The maximum Gasteiger partial charge on any atom is 0.261 e. The van der Waals surface area contributed by atoms with E-state index in [1.807, 2.05) is 0 Å². The van der Waals surface area contributed by atoms with E-state index in [9.17, 15) is 14.0 Å². The van der Waals surface area contributed by atoms with E-state index in [1.165, 1.54) is 37.2 Å². The molecule has 0 saturated carbocycles. The number of fused-ring (bicyclic) bond motifs is 1. The summed E-state index contributed by atoms with van der Waals surface area (Å²) in [5.74, 6) is 0.596. The average Bonchev–Trinajstić information content (AvgIpc) is 2.76. The minimum absolute atomic E-state index is 0.0923. The zero-order valence-electron chi connectivity index (χ0n) is 17.0. The number of aryl methyl sites for hydroxylation is 1. The van der Waals surface area contributed by atoms with Crippen LogP contribution in [0.4, 0.5) is 4.39 Å². The molecule has 0 unspecified atom stereocenters. The van der Waals surface area contributed by atoms with Crippen LogP contribution in [0.2, 0.25) is 0 Å². The second-order valence-corrected chi connectivity index (χ2v) is 6.80. The van der Waals surface area contributed by atoms with Gasteiger partial charge in [0.25, 0.3) is 5.56 Å². The van der Waals surface area contributed by atoms with Gasteiger partial charge in [-0.15, -0.1) is 0 Å². The second kappa shape index (κ2) is 9.87. The third-order valence-corrected chi connectivity index (χ3v) is 4.78. The number of halogens is 1. The third kappa shape index (κ3) is 5.14. The maximum atomic E-state index is 12.9. The molecule has 0 radical (unpaired) electrons. The van der Waals surface area contributed by atoms with Gasteiger partial charge in [0, 0.05) is 25.6 Å². The molecule has 0 spiro atoms. The summed E-state index contributed by atoms with van der Waals surface area (Å²) in [4.78, 5) is 29.1. The van der Waals surface area contributed by atoms with Crippen LogP contribution in [0.25, 0.3) is 10.9 Å². The van der Waals surface area contributed by atoms with Gasteiger partial charge in [0.15, 0.2) is 11.5 Å². The summed E-state index contributed by atoms with van der Waals surface area (Å²) in [6.07, 6.45) is 2.90. The number of hydrogen-bond donors (Lipinski definition) is 1. The molecule has 0 bridgehead atoms. The van der Waals surface area contributed by atoms with Gasteiger partial charge in [0.1, 0.15) is 5.82 Å². The smallest absolute Gasteiger partial charge is 0.261 e. The highest BCUT2D eigenvalue weighted by molar-refractivity contribution is 5.81. The van der Waals surface area contributed by atoms with Gasteiger partial charge in [-0.1, -0.05) is 12.1 Å². The van der Waals surface area contributed by atoms with Gasteiger partial charge >= 0.3 is 0 Å². The van der Waals surface area contributed by atoms with Crippen LogP contribution in [0.15, 0.2) is 47.5 Å². The number of amides is 1. The largest absolute Gasteiger partial charge is 0.493 e. The molecule has 0 saturated heterocycles. The van der Waals surface area contributed by atoms with Gasteiger partial charge in [-0.2, -0.15) is 0 Å². The molecule has 30 heavy (non-hydrogen) atoms. The van der Waals surface area contributed by atoms with Crippen LogP contribution in [-0.2, 0) is 17.8 Å². The van der Waals surface area contributed by atoms with E-state index in [2.05, 4.69) is 10.3 Å². The van der Waals surface area contributed by atoms with Crippen molar-refractivity contribution < 1.29 is 18.7 Å². The SMILES string of the molecule is COc1cc2ncn(CCCC(=O)NCCc3ccc(F)cc3)c(=O)c2cc1OC. The normalized spacial score (nSPS) is 10.8. The summed E-state index contributed by atoms with van der Waals surface area (Å²) in [6.45, 7) is 0.852. The molecule has 0 fully saturated rings. The number of aromatic nitrogens is 2. The summed E-state index contributed by atoms with van der Waals surface area (Å²) in [6, 6.07) is 9.48. The first-order valence-electron chi connectivity index (χ1n) is 9.64. The van der Waals surface area contributed by atoms with E-state index in [4.69, 9.17) is 9.47 Å². The molecule has 158 valence electrons. The Morgan fingerprint density at radius 1 is 1.13 bits per heavy atom. The lowest BCUT2D eigenvalue weighted by atomic mass is 10.1. The highest BCUT2D eigenvalue weighted by Gasteiger charge is 2.11. The van der Waals surface area contributed by atoms with Crippen molar-refractivity contribution in [1.29, 1.82) is 0 Å². The lowest BCUT2D eigenvalue weighted by molar-refractivity contribution is -0.121. The van der Waals surface area contributed by atoms with Gasteiger partial charge in [0.2, 0.25) is 5.91 Å². The van der Waals surface area contributed by atoms with Crippen molar-refractivity contribution in [1.82, 2.24) is 14.9 Å². The highest BCUT2D eigenvalue weighted by Crippen LogP contribution is 2.29. The topological polar surface area (TPSA) is 82.5 Å². The Morgan fingerprint density at radius 2 is 1.83 bits per heavy atom. The van der Waals surface area contributed by atoms with Gasteiger partial charge in [-0.25, -0.2) is 9.37 Å². The summed E-state index contributed by atoms with van der Waals surface area (Å²) >= 11 is 0. The van der Waals surface area contributed by atoms with Crippen molar-refractivity contribution in [3.8, 4) is 11.5 Å². The molecule has 1 aromatic heterocycles. The molecule has 0 aliphatic rings. The fourth-order valence-corrected chi connectivity index (χ4v) is 3.14. The summed E-state index contributed by atoms with van der Waals surface area (Å²) in [5, 5.41) is 3.27. The molecule has 0 aliphatic carbocycles. The number of methoxy groups -OCH3 is 2. The molecule has 8 heteroatoms. The average molecular weight is 413 g/mol. The van der Waals surface area contributed by atoms with Crippen LogP contribution in [0.3, 0.4) is 0 Å². The van der Waals surface area contributed by atoms with E-state index in [1.54, 1.807) is 24.3 Å². The maximum absolute atomic E-state index is 12.9. The molecular weight excluding hydrogens is 389 g/mol. The summed E-state index contributed by atoms with van der Waals surface area (Å²) in [7, 11) is 3.03. The molecule has 2 aromatic carbocycles. The van der Waals surface area contributed by atoms with Gasteiger partial charge in [0.05, 0.1) is 31.4 Å². The van der Waals surface area contributed by atoms with E-state index >= 15 is 0 Å². The van der Waals surface area contributed by atoms with Crippen LogP contribution in [0, 0.1) is 5.82 Å². The Bertz CT molecular complexity index is 1080. The van der Waals surface area contributed by atoms with Crippen molar-refractivity contribution in [2.45, 2.75) is 25.8 Å². The Labute approximate surface area is 173 Å². The second-order valence-electron chi connectivity index (χ2n) is 6.80. The standard InChI is InChI=1S/C22H24FN3O4/c1-29-19-12-17-18(13-20(19)30-2)25-14-26(22(17)28)11-3-4-21(27)24-10-9-15-5-7-16(23)8-6-15/h5-8,12-14H,3-4,9-11H2,1-2H3,(H,24,27). The quantitative estimate of drug-likeness (QED) is 0.583. The molecule has 3 rings (SSSR count). The van der Waals surface area contributed by atoms with Gasteiger partial charge < -0.3 is 14.8 Å². The molecule has 1 N–H and O–H groups in total. The lowest BCUT2D eigenvalue weighted by Gasteiger charge is -2.10. The number of nitrogens with zero attached hydrogens (tertiary/aromatic N) is 2. The summed E-state index contributed by atoms with van der Waals surface area (Å²) < 4.78 is 24.9. The number of benzene rings is 2. The first kappa shape index (κ1) is 21.3. The number of rotatable bonds is 9. The van der Waals surface area contributed by atoms with Crippen molar-refractivity contribution in [2.24, 2.45) is 0 Å². The highest BCUT2D eigenvalue weighted by atomic mass is 19.1. The van der Waals surface area contributed by atoms with Crippen molar-refractivity contribution >= 4 is 16.8 Å².